The van der Waals surface area contributed by atoms with Gasteiger partial charge in [0.05, 0.1) is 0 Å². The zero-order valence-corrected chi connectivity index (χ0v) is 12.6. The Labute approximate surface area is 117 Å². The molecule has 3 atom stereocenters. The van der Waals surface area contributed by atoms with Crippen LogP contribution in [0.15, 0.2) is 6.33 Å². The third-order valence-corrected chi connectivity index (χ3v) is 4.44. The molecular formula is C15H28N4. The van der Waals surface area contributed by atoms with E-state index in [2.05, 4.69) is 41.0 Å². The van der Waals surface area contributed by atoms with Crippen molar-refractivity contribution in [2.24, 2.45) is 17.8 Å². The lowest BCUT2D eigenvalue weighted by molar-refractivity contribution is 0.182. The van der Waals surface area contributed by atoms with Crippen LogP contribution in [0, 0.1) is 17.8 Å². The molecule has 0 saturated heterocycles. The highest BCUT2D eigenvalue weighted by Crippen LogP contribution is 2.35. The SMILES string of the molecule is CCCn1ncnc1CC1CC(C)CCC1CNC. The number of aryl methyl sites for hydroxylation is 1. The van der Waals surface area contributed by atoms with Crippen LogP contribution in [0.25, 0.3) is 0 Å². The quantitative estimate of drug-likeness (QED) is 0.858. The van der Waals surface area contributed by atoms with Crippen LogP contribution in [0.2, 0.25) is 0 Å². The Morgan fingerprint density at radius 2 is 2.21 bits per heavy atom. The highest BCUT2D eigenvalue weighted by Gasteiger charge is 2.29. The third-order valence-electron chi connectivity index (χ3n) is 4.44. The van der Waals surface area contributed by atoms with Crippen molar-refractivity contribution < 1.29 is 0 Å². The van der Waals surface area contributed by atoms with Crippen molar-refractivity contribution >= 4 is 0 Å². The zero-order chi connectivity index (χ0) is 13.7. The summed E-state index contributed by atoms with van der Waals surface area (Å²) >= 11 is 0. The summed E-state index contributed by atoms with van der Waals surface area (Å²) < 4.78 is 2.09. The fourth-order valence-electron chi connectivity index (χ4n) is 3.42. The van der Waals surface area contributed by atoms with E-state index < -0.39 is 0 Å². The topological polar surface area (TPSA) is 42.7 Å². The molecule has 1 saturated carbocycles. The summed E-state index contributed by atoms with van der Waals surface area (Å²) in [6.45, 7) is 6.71. The van der Waals surface area contributed by atoms with Gasteiger partial charge < -0.3 is 5.32 Å². The average Bonchev–Trinajstić information content (AvgIpc) is 2.81. The molecule has 108 valence electrons. The molecule has 1 N–H and O–H groups in total. The van der Waals surface area contributed by atoms with Crippen LogP contribution in [0.5, 0.6) is 0 Å². The van der Waals surface area contributed by atoms with E-state index in [1.54, 1.807) is 6.33 Å². The number of nitrogens with zero attached hydrogens (tertiary/aromatic N) is 3. The maximum absolute atomic E-state index is 4.48. The molecule has 0 aliphatic heterocycles. The van der Waals surface area contributed by atoms with E-state index in [1.807, 2.05) is 0 Å². The standard InChI is InChI=1S/C15H28N4/c1-4-7-19-15(17-11-18-19)9-14-8-12(2)5-6-13(14)10-16-3/h11-14,16H,4-10H2,1-3H3. The van der Waals surface area contributed by atoms with Crippen LogP contribution < -0.4 is 5.32 Å². The summed E-state index contributed by atoms with van der Waals surface area (Å²) in [5, 5.41) is 7.71. The number of hydrogen-bond donors (Lipinski definition) is 1. The molecular weight excluding hydrogens is 236 g/mol. The summed E-state index contributed by atoms with van der Waals surface area (Å²) in [5.41, 5.74) is 0. The molecule has 1 aromatic heterocycles. The summed E-state index contributed by atoms with van der Waals surface area (Å²) in [7, 11) is 2.06. The fraction of sp³-hybridized carbons (Fsp3) is 0.867. The van der Waals surface area contributed by atoms with Gasteiger partial charge in [0.2, 0.25) is 0 Å². The number of hydrogen-bond acceptors (Lipinski definition) is 3. The van der Waals surface area contributed by atoms with E-state index in [0.717, 1.165) is 43.7 Å². The minimum atomic E-state index is 0.760. The van der Waals surface area contributed by atoms with Gasteiger partial charge in [-0.05, 0) is 50.6 Å². The highest BCUT2D eigenvalue weighted by atomic mass is 15.3. The molecule has 19 heavy (non-hydrogen) atoms. The molecule has 2 rings (SSSR count). The van der Waals surface area contributed by atoms with Gasteiger partial charge in [0.15, 0.2) is 0 Å². The van der Waals surface area contributed by atoms with Gasteiger partial charge in [-0.1, -0.05) is 20.3 Å². The van der Waals surface area contributed by atoms with Crippen molar-refractivity contribution in [1.82, 2.24) is 20.1 Å². The minimum Gasteiger partial charge on any atom is -0.319 e. The van der Waals surface area contributed by atoms with Gasteiger partial charge >= 0.3 is 0 Å². The lowest BCUT2D eigenvalue weighted by Crippen LogP contribution is -2.33. The van der Waals surface area contributed by atoms with Crippen LogP contribution in [0.1, 0.15) is 45.4 Å². The van der Waals surface area contributed by atoms with Crippen LogP contribution in [-0.2, 0) is 13.0 Å². The maximum atomic E-state index is 4.48. The molecule has 0 aromatic carbocycles. The van der Waals surface area contributed by atoms with Crippen molar-refractivity contribution in [3.63, 3.8) is 0 Å². The third kappa shape index (κ3) is 3.78. The highest BCUT2D eigenvalue weighted by molar-refractivity contribution is 4.92. The lowest BCUT2D eigenvalue weighted by atomic mass is 9.73. The van der Waals surface area contributed by atoms with Gasteiger partial charge in [-0.3, -0.25) is 4.68 Å². The zero-order valence-electron chi connectivity index (χ0n) is 12.6. The minimum absolute atomic E-state index is 0.760. The van der Waals surface area contributed by atoms with Gasteiger partial charge in [-0.2, -0.15) is 5.10 Å². The number of aromatic nitrogens is 3. The molecule has 1 aromatic rings. The first kappa shape index (κ1) is 14.5. The first-order valence-electron chi connectivity index (χ1n) is 7.75. The molecule has 0 radical (unpaired) electrons. The monoisotopic (exact) mass is 264 g/mol. The van der Waals surface area contributed by atoms with E-state index in [0.29, 0.717) is 0 Å². The molecule has 1 aliphatic carbocycles. The largest absolute Gasteiger partial charge is 0.319 e. The van der Waals surface area contributed by atoms with E-state index in [4.69, 9.17) is 0 Å². The molecule has 0 spiro atoms. The maximum Gasteiger partial charge on any atom is 0.138 e. The van der Waals surface area contributed by atoms with Crippen LogP contribution >= 0.6 is 0 Å². The second kappa shape index (κ2) is 7.04. The smallest absolute Gasteiger partial charge is 0.138 e. The van der Waals surface area contributed by atoms with Crippen molar-refractivity contribution in [2.75, 3.05) is 13.6 Å². The molecule has 0 bridgehead atoms. The van der Waals surface area contributed by atoms with Crippen LogP contribution in [0.3, 0.4) is 0 Å². The second-order valence-corrected chi connectivity index (χ2v) is 6.10. The first-order chi connectivity index (χ1) is 9.24. The van der Waals surface area contributed by atoms with Gasteiger partial charge in [0, 0.05) is 13.0 Å². The Morgan fingerprint density at radius 1 is 1.37 bits per heavy atom. The number of rotatable bonds is 6. The summed E-state index contributed by atoms with van der Waals surface area (Å²) in [4.78, 5) is 4.48. The molecule has 1 heterocycles. The summed E-state index contributed by atoms with van der Waals surface area (Å²) in [5.74, 6) is 3.60. The van der Waals surface area contributed by atoms with Crippen molar-refractivity contribution in [1.29, 1.82) is 0 Å². The Hall–Kier alpha value is -0.900. The van der Waals surface area contributed by atoms with E-state index in [-0.39, 0.29) is 0 Å². The van der Waals surface area contributed by atoms with E-state index >= 15 is 0 Å². The Morgan fingerprint density at radius 3 is 2.95 bits per heavy atom. The van der Waals surface area contributed by atoms with Gasteiger partial charge in [-0.15, -0.1) is 0 Å². The van der Waals surface area contributed by atoms with Gasteiger partial charge in [-0.25, -0.2) is 4.98 Å². The first-order valence-corrected chi connectivity index (χ1v) is 7.75. The van der Waals surface area contributed by atoms with E-state index in [9.17, 15) is 0 Å². The molecule has 4 heteroatoms. The second-order valence-electron chi connectivity index (χ2n) is 6.10. The lowest BCUT2D eigenvalue weighted by Gasteiger charge is -2.34. The predicted octanol–water partition coefficient (Wildman–Crippen LogP) is 2.50. The fourth-order valence-corrected chi connectivity index (χ4v) is 3.42. The Bertz CT molecular complexity index is 374. The molecule has 1 aliphatic rings. The van der Waals surface area contributed by atoms with Crippen LogP contribution in [0.4, 0.5) is 0 Å². The van der Waals surface area contributed by atoms with Crippen LogP contribution in [-0.4, -0.2) is 28.4 Å². The van der Waals surface area contributed by atoms with Gasteiger partial charge in [0.25, 0.3) is 0 Å². The Kier molecular flexibility index (Phi) is 5.37. The normalized spacial score (nSPS) is 27.6. The molecule has 3 unspecified atom stereocenters. The van der Waals surface area contributed by atoms with Gasteiger partial charge in [0.1, 0.15) is 12.2 Å². The van der Waals surface area contributed by atoms with Crippen molar-refractivity contribution in [2.45, 2.75) is 52.5 Å². The summed E-state index contributed by atoms with van der Waals surface area (Å²) in [6, 6.07) is 0. The van der Waals surface area contributed by atoms with Crippen molar-refractivity contribution in [3.05, 3.63) is 12.2 Å². The average molecular weight is 264 g/mol. The van der Waals surface area contributed by atoms with E-state index in [1.165, 1.54) is 25.1 Å². The predicted molar refractivity (Wildman–Crippen MR) is 77.9 cm³/mol. The molecule has 0 amide bonds. The van der Waals surface area contributed by atoms with Crippen molar-refractivity contribution in [3.8, 4) is 0 Å². The molecule has 1 fully saturated rings. The summed E-state index contributed by atoms with van der Waals surface area (Å²) in [6.07, 6.45) is 8.00. The molecule has 4 nitrogen and oxygen atoms in total. The Balaban J connectivity index is 2.03. The number of nitrogens with one attached hydrogen (secondary N) is 1.